The van der Waals surface area contributed by atoms with E-state index in [1.807, 2.05) is 19.9 Å². The Morgan fingerprint density at radius 2 is 1.47 bits per heavy atom. The maximum atomic E-state index is 12.4. The fourth-order valence-corrected chi connectivity index (χ4v) is 2.63. The number of hydrogen-bond acceptors (Lipinski definition) is 1. The number of unbranched alkanes of at least 4 members (excludes halogenated alkanes) is 3. The van der Waals surface area contributed by atoms with Crippen LogP contribution in [-0.4, -0.2) is 9.78 Å². The van der Waals surface area contributed by atoms with Gasteiger partial charge in [0.1, 0.15) is 0 Å². The van der Waals surface area contributed by atoms with Crippen LogP contribution >= 0.6 is 0 Å². The molecule has 0 radical (unpaired) electrons. The van der Waals surface area contributed by atoms with Crippen LogP contribution in [0.1, 0.15) is 96.5 Å². The number of aromatic nitrogens is 2. The molecule has 30 heavy (non-hydrogen) atoms. The van der Waals surface area contributed by atoms with Crippen molar-refractivity contribution < 1.29 is 13.2 Å². The molecule has 1 aromatic carbocycles. The number of halogens is 3. The van der Waals surface area contributed by atoms with E-state index >= 15 is 0 Å². The summed E-state index contributed by atoms with van der Waals surface area (Å²) in [7, 11) is 0. The predicted octanol–water partition coefficient (Wildman–Crippen LogP) is 8.93. The molecule has 1 heterocycles. The van der Waals surface area contributed by atoms with E-state index in [-0.39, 0.29) is 0 Å². The van der Waals surface area contributed by atoms with Gasteiger partial charge in [-0.2, -0.15) is 18.3 Å². The third-order valence-corrected chi connectivity index (χ3v) is 4.95. The summed E-state index contributed by atoms with van der Waals surface area (Å²) in [6.45, 7) is 14.9. The van der Waals surface area contributed by atoms with Crippen LogP contribution in [0.2, 0.25) is 0 Å². The van der Waals surface area contributed by atoms with Gasteiger partial charge in [-0.15, -0.1) is 0 Å². The number of rotatable bonds is 7. The molecule has 0 bridgehead atoms. The molecule has 0 saturated heterocycles. The van der Waals surface area contributed by atoms with Gasteiger partial charge in [0.25, 0.3) is 0 Å². The Morgan fingerprint density at radius 3 is 1.83 bits per heavy atom. The molecule has 0 fully saturated rings. The molecule has 0 N–H and O–H groups in total. The van der Waals surface area contributed by atoms with Crippen LogP contribution in [0.15, 0.2) is 30.3 Å². The van der Waals surface area contributed by atoms with Crippen LogP contribution in [-0.2, 0) is 6.18 Å². The first-order valence-electron chi connectivity index (χ1n) is 11.3. The topological polar surface area (TPSA) is 17.8 Å². The lowest BCUT2D eigenvalue weighted by molar-refractivity contribution is -0.137. The minimum atomic E-state index is -4.30. The van der Waals surface area contributed by atoms with E-state index in [1.54, 1.807) is 4.68 Å². The highest BCUT2D eigenvalue weighted by atomic mass is 19.4. The summed E-state index contributed by atoms with van der Waals surface area (Å²) in [6.07, 6.45) is 5.34. The van der Waals surface area contributed by atoms with Gasteiger partial charge in [-0.25, -0.2) is 4.68 Å². The molecule has 2 rings (SSSR count). The molecular weight excluding hydrogens is 385 g/mol. The van der Waals surface area contributed by atoms with E-state index in [4.69, 9.17) is 0 Å². The van der Waals surface area contributed by atoms with Crippen LogP contribution in [0.25, 0.3) is 5.69 Å². The first kappa shape index (κ1) is 28.2. The SMILES string of the molecule is CCCC.CCCCCC(C)CC.Cc1cc(C)n(-c2ccc(C(F)(F)F)cc2)n1. The molecule has 2 nitrogen and oxygen atoms in total. The van der Waals surface area contributed by atoms with Crippen LogP contribution in [0.4, 0.5) is 13.2 Å². The molecule has 0 aliphatic heterocycles. The Balaban J connectivity index is 0.000000545. The molecule has 1 aromatic heterocycles. The van der Waals surface area contributed by atoms with Crippen LogP contribution in [0, 0.1) is 19.8 Å². The van der Waals surface area contributed by atoms with Crippen molar-refractivity contribution in [2.24, 2.45) is 5.92 Å². The zero-order valence-corrected chi connectivity index (χ0v) is 19.9. The smallest absolute Gasteiger partial charge is 0.238 e. The van der Waals surface area contributed by atoms with Gasteiger partial charge in [0.2, 0.25) is 0 Å². The summed E-state index contributed by atoms with van der Waals surface area (Å²) in [6, 6.07) is 6.83. The van der Waals surface area contributed by atoms with Crippen LogP contribution in [0.5, 0.6) is 0 Å². The number of nitrogens with zero attached hydrogens (tertiary/aromatic N) is 2. The number of aryl methyl sites for hydroxylation is 2. The van der Waals surface area contributed by atoms with Crippen LogP contribution in [0.3, 0.4) is 0 Å². The van der Waals surface area contributed by atoms with Crippen molar-refractivity contribution in [3.8, 4) is 5.69 Å². The van der Waals surface area contributed by atoms with Gasteiger partial charge in [-0.1, -0.05) is 79.6 Å². The summed E-state index contributed by atoms with van der Waals surface area (Å²) < 4.78 is 38.8. The number of hydrogen-bond donors (Lipinski definition) is 0. The average Bonchev–Trinajstić information content (AvgIpc) is 3.06. The summed E-state index contributed by atoms with van der Waals surface area (Å²) >= 11 is 0. The lowest BCUT2D eigenvalue weighted by atomic mass is 10.0. The third-order valence-electron chi connectivity index (χ3n) is 4.95. The molecule has 0 aliphatic rings. The average molecular weight is 427 g/mol. The van der Waals surface area contributed by atoms with E-state index in [0.29, 0.717) is 5.69 Å². The van der Waals surface area contributed by atoms with E-state index in [1.165, 1.54) is 57.1 Å². The quantitative estimate of drug-likeness (QED) is 0.404. The molecule has 172 valence electrons. The van der Waals surface area contributed by atoms with Crippen molar-refractivity contribution in [3.63, 3.8) is 0 Å². The molecule has 5 heteroatoms. The number of benzene rings is 1. The Labute approximate surface area is 181 Å². The molecule has 1 unspecified atom stereocenters. The highest BCUT2D eigenvalue weighted by Crippen LogP contribution is 2.29. The van der Waals surface area contributed by atoms with Gasteiger partial charge in [-0.3, -0.25) is 0 Å². The van der Waals surface area contributed by atoms with Crippen molar-refractivity contribution in [3.05, 3.63) is 47.3 Å². The standard InChI is InChI=1S/C12H11F3N2.C9H20.C4H10/c1-8-7-9(2)17(16-8)11-5-3-10(4-6-11)12(13,14)15;1-4-6-7-8-9(3)5-2;1-3-4-2/h3-7H,1-2H3;9H,4-8H2,1-3H3;3-4H2,1-2H3. The lowest BCUT2D eigenvalue weighted by Gasteiger charge is -2.08. The highest BCUT2D eigenvalue weighted by molar-refractivity contribution is 5.36. The maximum absolute atomic E-state index is 12.4. The maximum Gasteiger partial charge on any atom is 0.416 e. The summed E-state index contributed by atoms with van der Waals surface area (Å²) in [4.78, 5) is 0. The van der Waals surface area contributed by atoms with E-state index in [0.717, 1.165) is 29.4 Å². The second kappa shape index (κ2) is 15.1. The number of alkyl halides is 3. The fraction of sp³-hybridized carbons (Fsp3) is 0.640. The van der Waals surface area contributed by atoms with Gasteiger partial charge in [0.15, 0.2) is 0 Å². The van der Waals surface area contributed by atoms with E-state index in [9.17, 15) is 13.2 Å². The molecule has 0 amide bonds. The fourth-order valence-electron chi connectivity index (χ4n) is 2.63. The van der Waals surface area contributed by atoms with Crippen molar-refractivity contribution in [2.75, 3.05) is 0 Å². The van der Waals surface area contributed by atoms with Crippen molar-refractivity contribution in [2.45, 2.75) is 99.6 Å². The summed E-state index contributed by atoms with van der Waals surface area (Å²) in [5, 5.41) is 4.21. The molecular formula is C25H41F3N2. The minimum absolute atomic E-state index is 0.628. The van der Waals surface area contributed by atoms with Crippen molar-refractivity contribution in [1.29, 1.82) is 0 Å². The first-order chi connectivity index (χ1) is 14.1. The van der Waals surface area contributed by atoms with Gasteiger partial charge in [-0.05, 0) is 50.1 Å². The van der Waals surface area contributed by atoms with E-state index in [2.05, 4.69) is 39.7 Å². The largest absolute Gasteiger partial charge is 0.416 e. The minimum Gasteiger partial charge on any atom is -0.238 e. The second-order valence-corrected chi connectivity index (χ2v) is 7.89. The molecule has 0 aliphatic carbocycles. The summed E-state index contributed by atoms with van der Waals surface area (Å²) in [5.74, 6) is 0.955. The lowest BCUT2D eigenvalue weighted by Crippen LogP contribution is -2.05. The Kier molecular flexibility index (Phi) is 14.2. The normalized spacial score (nSPS) is 11.8. The third kappa shape index (κ3) is 11.4. The molecule has 2 aromatic rings. The first-order valence-corrected chi connectivity index (χ1v) is 11.3. The second-order valence-electron chi connectivity index (χ2n) is 7.89. The van der Waals surface area contributed by atoms with Crippen molar-refractivity contribution >= 4 is 0 Å². The highest BCUT2D eigenvalue weighted by Gasteiger charge is 2.30. The monoisotopic (exact) mass is 426 g/mol. The van der Waals surface area contributed by atoms with Gasteiger partial charge in [0, 0.05) is 5.69 Å². The Hall–Kier alpha value is -1.78. The van der Waals surface area contributed by atoms with E-state index < -0.39 is 11.7 Å². The summed E-state index contributed by atoms with van der Waals surface area (Å²) in [5.41, 5.74) is 1.70. The zero-order chi connectivity index (χ0) is 23.2. The van der Waals surface area contributed by atoms with Gasteiger partial charge in [0.05, 0.1) is 16.9 Å². The molecule has 0 saturated carbocycles. The molecule has 0 spiro atoms. The van der Waals surface area contributed by atoms with Crippen molar-refractivity contribution in [1.82, 2.24) is 9.78 Å². The predicted molar refractivity (Wildman–Crippen MR) is 122 cm³/mol. The Morgan fingerprint density at radius 1 is 0.900 bits per heavy atom. The zero-order valence-electron chi connectivity index (χ0n) is 19.9. The van der Waals surface area contributed by atoms with Gasteiger partial charge < -0.3 is 0 Å². The molecule has 1 atom stereocenters. The van der Waals surface area contributed by atoms with Gasteiger partial charge >= 0.3 is 6.18 Å². The van der Waals surface area contributed by atoms with Crippen LogP contribution < -0.4 is 0 Å². The Bertz CT molecular complexity index is 671.